The molecule has 2 heterocycles. The zero-order valence-electron chi connectivity index (χ0n) is 15.5. The molecule has 2 aromatic carbocycles. The number of hydrogen-bond acceptors (Lipinski definition) is 5. The van der Waals surface area contributed by atoms with Crippen molar-refractivity contribution in [3.8, 4) is 5.75 Å². The third kappa shape index (κ3) is 2.69. The van der Waals surface area contributed by atoms with Crippen molar-refractivity contribution in [2.75, 3.05) is 12.4 Å². The van der Waals surface area contributed by atoms with Crippen LogP contribution in [0.25, 0.3) is 0 Å². The summed E-state index contributed by atoms with van der Waals surface area (Å²) in [5.41, 5.74) is 3.87. The molecule has 5 rings (SSSR count). The lowest BCUT2D eigenvalue weighted by molar-refractivity contribution is -0.116. The lowest BCUT2D eigenvalue weighted by atomic mass is 9.78. The molecule has 2 aliphatic rings. The van der Waals surface area contributed by atoms with Crippen molar-refractivity contribution >= 4 is 11.7 Å². The summed E-state index contributed by atoms with van der Waals surface area (Å²) in [7, 11) is 1.64. The van der Waals surface area contributed by atoms with E-state index < -0.39 is 0 Å². The number of anilines is 1. The number of ether oxygens (including phenoxy) is 1. The van der Waals surface area contributed by atoms with Gasteiger partial charge in [-0.05, 0) is 35.6 Å². The monoisotopic (exact) mass is 372 g/mol. The third-order valence-electron chi connectivity index (χ3n) is 5.54. The van der Waals surface area contributed by atoms with E-state index >= 15 is 0 Å². The standard InChI is InChI=1S/C22H20N4O2/c1-28-17-9-5-8-15(10-17)21-20-18(25-22-23-13-24-26(21)22)11-16(12-19(20)27)14-6-3-2-4-7-14/h2-10,13,16,21H,11-12H2,1H3,(H,23,24,25)/t16-,21+/m1/s1. The summed E-state index contributed by atoms with van der Waals surface area (Å²) in [5.74, 6) is 1.73. The maximum atomic E-state index is 13.3. The number of ketones is 1. The second kappa shape index (κ2) is 6.64. The van der Waals surface area contributed by atoms with Crippen LogP contribution in [0, 0.1) is 0 Å². The summed E-state index contributed by atoms with van der Waals surface area (Å²) in [6, 6.07) is 17.7. The van der Waals surface area contributed by atoms with Gasteiger partial charge >= 0.3 is 0 Å². The van der Waals surface area contributed by atoms with E-state index in [1.165, 1.54) is 11.9 Å². The van der Waals surface area contributed by atoms with Gasteiger partial charge < -0.3 is 10.1 Å². The number of benzene rings is 2. The smallest absolute Gasteiger partial charge is 0.226 e. The molecule has 1 N–H and O–H groups in total. The van der Waals surface area contributed by atoms with E-state index in [4.69, 9.17) is 4.74 Å². The van der Waals surface area contributed by atoms with E-state index in [9.17, 15) is 4.79 Å². The van der Waals surface area contributed by atoms with Gasteiger partial charge in [0, 0.05) is 17.7 Å². The SMILES string of the molecule is COc1cccc([C@H]2C3=C(C[C@@H](c4ccccc4)CC3=O)Nc3ncnn32)c1. The molecular weight excluding hydrogens is 352 g/mol. The van der Waals surface area contributed by atoms with Crippen molar-refractivity contribution in [2.24, 2.45) is 0 Å². The first-order valence-electron chi connectivity index (χ1n) is 9.36. The summed E-state index contributed by atoms with van der Waals surface area (Å²) in [4.78, 5) is 17.6. The van der Waals surface area contributed by atoms with Crippen molar-refractivity contribution in [2.45, 2.75) is 24.8 Å². The summed E-state index contributed by atoms with van der Waals surface area (Å²) in [6.45, 7) is 0. The number of allylic oxidation sites excluding steroid dienone is 2. The minimum Gasteiger partial charge on any atom is -0.497 e. The molecule has 0 spiro atoms. The zero-order chi connectivity index (χ0) is 19.1. The van der Waals surface area contributed by atoms with E-state index in [2.05, 4.69) is 27.5 Å². The lowest BCUT2D eigenvalue weighted by Gasteiger charge is -2.35. The molecule has 0 saturated carbocycles. The average Bonchev–Trinajstić information content (AvgIpc) is 3.21. The van der Waals surface area contributed by atoms with E-state index in [1.807, 2.05) is 42.5 Å². The fraction of sp³-hybridized carbons (Fsp3) is 0.227. The lowest BCUT2D eigenvalue weighted by Crippen LogP contribution is -2.33. The van der Waals surface area contributed by atoms with Gasteiger partial charge in [-0.3, -0.25) is 4.79 Å². The Bertz CT molecular complexity index is 1070. The summed E-state index contributed by atoms with van der Waals surface area (Å²) in [6.07, 6.45) is 2.79. The fourth-order valence-corrected chi connectivity index (χ4v) is 4.23. The van der Waals surface area contributed by atoms with Crippen LogP contribution in [0.5, 0.6) is 5.75 Å². The quantitative estimate of drug-likeness (QED) is 0.759. The Morgan fingerprint density at radius 2 is 1.89 bits per heavy atom. The van der Waals surface area contributed by atoms with E-state index in [0.717, 1.165) is 29.0 Å². The van der Waals surface area contributed by atoms with Gasteiger partial charge in [-0.15, -0.1) is 0 Å². The maximum Gasteiger partial charge on any atom is 0.226 e. The largest absolute Gasteiger partial charge is 0.497 e. The fourth-order valence-electron chi connectivity index (χ4n) is 4.23. The van der Waals surface area contributed by atoms with Crippen LogP contribution in [0.2, 0.25) is 0 Å². The second-order valence-corrected chi connectivity index (χ2v) is 7.16. The normalized spacial score (nSPS) is 21.0. The van der Waals surface area contributed by atoms with Crippen LogP contribution in [-0.4, -0.2) is 27.7 Å². The molecule has 0 amide bonds. The highest BCUT2D eigenvalue weighted by Gasteiger charge is 2.39. The molecule has 3 aromatic rings. The van der Waals surface area contributed by atoms with Crippen molar-refractivity contribution in [3.05, 3.63) is 83.3 Å². The van der Waals surface area contributed by atoms with Gasteiger partial charge in [-0.2, -0.15) is 10.1 Å². The van der Waals surface area contributed by atoms with Gasteiger partial charge in [0.05, 0.1) is 7.11 Å². The summed E-state index contributed by atoms with van der Waals surface area (Å²) in [5, 5.41) is 7.74. The zero-order valence-corrected chi connectivity index (χ0v) is 15.5. The first kappa shape index (κ1) is 16.7. The van der Waals surface area contributed by atoms with Crippen LogP contribution in [-0.2, 0) is 4.79 Å². The van der Waals surface area contributed by atoms with Crippen LogP contribution in [0.3, 0.4) is 0 Å². The van der Waals surface area contributed by atoms with Crippen LogP contribution in [0.15, 0.2) is 72.2 Å². The minimum atomic E-state index is -0.298. The molecule has 0 bridgehead atoms. The molecule has 0 fully saturated rings. The number of nitrogens with zero attached hydrogens (tertiary/aromatic N) is 3. The van der Waals surface area contributed by atoms with Crippen molar-refractivity contribution in [1.82, 2.24) is 14.8 Å². The van der Waals surface area contributed by atoms with Crippen LogP contribution >= 0.6 is 0 Å². The molecule has 6 nitrogen and oxygen atoms in total. The Labute approximate surface area is 162 Å². The molecule has 1 aliphatic heterocycles. The first-order valence-corrected chi connectivity index (χ1v) is 9.36. The van der Waals surface area contributed by atoms with Crippen LogP contribution in [0.1, 0.15) is 35.9 Å². The Balaban J connectivity index is 1.61. The Kier molecular flexibility index (Phi) is 3.97. The van der Waals surface area contributed by atoms with E-state index in [0.29, 0.717) is 12.4 Å². The minimum absolute atomic E-state index is 0.150. The van der Waals surface area contributed by atoms with E-state index in [-0.39, 0.29) is 17.7 Å². The number of fused-ring (bicyclic) bond motifs is 1. The summed E-state index contributed by atoms with van der Waals surface area (Å²) >= 11 is 0. The first-order chi connectivity index (χ1) is 13.7. The third-order valence-corrected chi connectivity index (χ3v) is 5.54. The van der Waals surface area contributed by atoms with Gasteiger partial charge in [0.15, 0.2) is 5.78 Å². The number of hydrogen-bond donors (Lipinski definition) is 1. The topological polar surface area (TPSA) is 69.0 Å². The van der Waals surface area contributed by atoms with Crippen LogP contribution in [0.4, 0.5) is 5.95 Å². The van der Waals surface area contributed by atoms with Crippen molar-refractivity contribution < 1.29 is 9.53 Å². The molecule has 6 heteroatoms. The predicted molar refractivity (Wildman–Crippen MR) is 105 cm³/mol. The Morgan fingerprint density at radius 3 is 2.71 bits per heavy atom. The highest BCUT2D eigenvalue weighted by molar-refractivity contribution is 6.00. The molecule has 0 saturated heterocycles. The van der Waals surface area contributed by atoms with Crippen LogP contribution < -0.4 is 10.1 Å². The second-order valence-electron chi connectivity index (χ2n) is 7.16. The van der Waals surface area contributed by atoms with Gasteiger partial charge in [0.1, 0.15) is 18.1 Å². The predicted octanol–water partition coefficient (Wildman–Crippen LogP) is 3.70. The molecule has 0 radical (unpaired) electrons. The number of carbonyl (C=O) groups excluding carboxylic acids is 1. The van der Waals surface area contributed by atoms with Gasteiger partial charge in [0.25, 0.3) is 0 Å². The molecule has 2 atom stereocenters. The average molecular weight is 372 g/mol. The number of carbonyl (C=O) groups is 1. The van der Waals surface area contributed by atoms with Gasteiger partial charge in [-0.1, -0.05) is 42.5 Å². The highest BCUT2D eigenvalue weighted by Crippen LogP contribution is 2.44. The number of methoxy groups -OCH3 is 1. The highest BCUT2D eigenvalue weighted by atomic mass is 16.5. The Morgan fingerprint density at radius 1 is 1.07 bits per heavy atom. The number of rotatable bonds is 3. The molecular formula is C22H20N4O2. The number of Topliss-reactive ketones (excluding diaryl/α,β-unsaturated/α-hetero) is 1. The molecule has 140 valence electrons. The number of nitrogens with one attached hydrogen (secondary N) is 1. The van der Waals surface area contributed by atoms with Crippen molar-refractivity contribution in [1.29, 1.82) is 0 Å². The molecule has 28 heavy (non-hydrogen) atoms. The summed E-state index contributed by atoms with van der Waals surface area (Å²) < 4.78 is 7.18. The maximum absolute atomic E-state index is 13.3. The molecule has 1 aliphatic carbocycles. The van der Waals surface area contributed by atoms with Gasteiger partial charge in [-0.25, -0.2) is 4.68 Å². The molecule has 0 unspecified atom stereocenters. The van der Waals surface area contributed by atoms with Gasteiger partial charge in [0.2, 0.25) is 5.95 Å². The van der Waals surface area contributed by atoms with E-state index in [1.54, 1.807) is 11.8 Å². The molecule has 1 aromatic heterocycles. The number of aromatic nitrogens is 3. The van der Waals surface area contributed by atoms with Crippen molar-refractivity contribution in [3.63, 3.8) is 0 Å². The Hall–Kier alpha value is -3.41.